The van der Waals surface area contributed by atoms with Gasteiger partial charge in [-0.25, -0.2) is 4.79 Å². The molecule has 2 N–H and O–H groups in total. The fourth-order valence-electron chi connectivity index (χ4n) is 3.94. The van der Waals surface area contributed by atoms with Crippen LogP contribution in [0.1, 0.15) is 22.3 Å². The number of ether oxygens (including phenoxy) is 2. The van der Waals surface area contributed by atoms with Gasteiger partial charge in [0.25, 0.3) is 5.91 Å². The van der Waals surface area contributed by atoms with Gasteiger partial charge in [0.15, 0.2) is 0 Å². The van der Waals surface area contributed by atoms with Crippen molar-refractivity contribution in [2.75, 3.05) is 11.4 Å². The summed E-state index contributed by atoms with van der Waals surface area (Å²) in [4.78, 5) is 38.0. The molecule has 4 aromatic rings. The molecule has 0 aromatic heterocycles. The van der Waals surface area contributed by atoms with E-state index >= 15 is 0 Å². The molecule has 0 bridgehead atoms. The number of benzene rings is 4. The van der Waals surface area contributed by atoms with E-state index in [1.807, 2.05) is 30.3 Å². The standard InChI is InChI=1S/C31H25F3N2O6/c32-31(33,34)42-27-13-9-21(10-14-27)20-36(25-8-4-7-24(19-25)29(39)35-18-17-28(37)38)30(40)41-26-15-11-23(12-16-26)22-5-2-1-3-6-22/h1-16,19H,17-18,20H2,(H,35,39)(H,37,38). The molecular formula is C31H25F3N2O6. The molecule has 4 rings (SSSR count). The van der Waals surface area contributed by atoms with E-state index in [0.29, 0.717) is 5.56 Å². The number of amides is 2. The van der Waals surface area contributed by atoms with Crippen LogP contribution < -0.4 is 19.7 Å². The second kappa shape index (κ2) is 13.4. The van der Waals surface area contributed by atoms with Gasteiger partial charge in [0.05, 0.1) is 13.0 Å². The van der Waals surface area contributed by atoms with Crippen LogP contribution in [0.2, 0.25) is 0 Å². The van der Waals surface area contributed by atoms with Crippen LogP contribution in [-0.4, -0.2) is 36.0 Å². The molecule has 0 unspecified atom stereocenters. The van der Waals surface area contributed by atoms with Gasteiger partial charge in [0, 0.05) is 17.8 Å². The summed E-state index contributed by atoms with van der Waals surface area (Å²) in [7, 11) is 0. The van der Waals surface area contributed by atoms with Crippen LogP contribution in [-0.2, 0) is 11.3 Å². The highest BCUT2D eigenvalue weighted by atomic mass is 19.4. The Bertz CT molecular complexity index is 1530. The number of alkyl halides is 3. The van der Waals surface area contributed by atoms with Crippen LogP contribution in [0.3, 0.4) is 0 Å². The molecule has 4 aromatic carbocycles. The predicted molar refractivity (Wildman–Crippen MR) is 148 cm³/mol. The SMILES string of the molecule is O=C(O)CCNC(=O)c1cccc(N(Cc2ccc(OC(F)(F)F)cc2)C(=O)Oc2ccc(-c3ccccc3)cc2)c1. The number of carbonyl (C=O) groups excluding carboxylic acids is 2. The molecule has 0 aliphatic heterocycles. The molecule has 0 aliphatic rings. The van der Waals surface area contributed by atoms with Crippen molar-refractivity contribution in [1.82, 2.24) is 5.32 Å². The molecule has 0 fully saturated rings. The van der Waals surface area contributed by atoms with Crippen molar-refractivity contribution in [1.29, 1.82) is 0 Å². The maximum Gasteiger partial charge on any atom is 0.573 e. The van der Waals surface area contributed by atoms with Crippen LogP contribution in [0.15, 0.2) is 103 Å². The highest BCUT2D eigenvalue weighted by Gasteiger charge is 2.31. The third-order valence-corrected chi connectivity index (χ3v) is 5.93. The molecule has 0 heterocycles. The molecule has 0 saturated heterocycles. The molecule has 8 nitrogen and oxygen atoms in total. The van der Waals surface area contributed by atoms with Crippen LogP contribution in [0, 0.1) is 0 Å². The van der Waals surface area contributed by atoms with Gasteiger partial charge < -0.3 is 19.9 Å². The monoisotopic (exact) mass is 578 g/mol. The molecule has 0 spiro atoms. The van der Waals surface area contributed by atoms with Crippen LogP contribution in [0.25, 0.3) is 11.1 Å². The molecule has 11 heteroatoms. The van der Waals surface area contributed by atoms with E-state index in [-0.39, 0.29) is 36.5 Å². The first-order valence-corrected chi connectivity index (χ1v) is 12.7. The van der Waals surface area contributed by atoms with Crippen molar-refractivity contribution in [3.63, 3.8) is 0 Å². The van der Waals surface area contributed by atoms with Crippen LogP contribution >= 0.6 is 0 Å². The van der Waals surface area contributed by atoms with E-state index in [1.54, 1.807) is 30.3 Å². The van der Waals surface area contributed by atoms with Crippen molar-refractivity contribution in [2.24, 2.45) is 0 Å². The number of anilines is 1. The molecule has 42 heavy (non-hydrogen) atoms. The minimum Gasteiger partial charge on any atom is -0.481 e. The van der Waals surface area contributed by atoms with Crippen molar-refractivity contribution in [2.45, 2.75) is 19.3 Å². The summed E-state index contributed by atoms with van der Waals surface area (Å²) in [5.41, 5.74) is 2.78. The number of hydrogen-bond acceptors (Lipinski definition) is 5. The molecule has 216 valence electrons. The lowest BCUT2D eigenvalue weighted by Gasteiger charge is -2.23. The van der Waals surface area contributed by atoms with E-state index in [1.165, 1.54) is 35.2 Å². The first-order valence-electron chi connectivity index (χ1n) is 12.7. The van der Waals surface area contributed by atoms with E-state index in [9.17, 15) is 27.6 Å². The van der Waals surface area contributed by atoms with Gasteiger partial charge in [-0.15, -0.1) is 13.2 Å². The molecular weight excluding hydrogens is 553 g/mol. The zero-order valence-corrected chi connectivity index (χ0v) is 22.0. The number of nitrogens with one attached hydrogen (secondary N) is 1. The summed E-state index contributed by atoms with van der Waals surface area (Å²) in [5.74, 6) is -1.78. The average Bonchev–Trinajstić information content (AvgIpc) is 2.96. The summed E-state index contributed by atoms with van der Waals surface area (Å²) in [6, 6.07) is 27.5. The Morgan fingerprint density at radius 1 is 0.786 bits per heavy atom. The summed E-state index contributed by atoms with van der Waals surface area (Å²) in [6.07, 6.45) is -5.92. The van der Waals surface area contributed by atoms with Gasteiger partial charge in [0.2, 0.25) is 0 Å². The lowest BCUT2D eigenvalue weighted by Crippen LogP contribution is -2.33. The number of carboxylic acid groups (broad SMARTS) is 1. The Balaban J connectivity index is 1.57. The van der Waals surface area contributed by atoms with Gasteiger partial charge in [-0.1, -0.05) is 60.7 Å². The summed E-state index contributed by atoms with van der Waals surface area (Å²) < 4.78 is 47.3. The first kappa shape index (κ1) is 29.7. The van der Waals surface area contributed by atoms with Gasteiger partial charge in [-0.2, -0.15) is 0 Å². The fraction of sp³-hybridized carbons (Fsp3) is 0.129. The molecule has 0 aliphatic carbocycles. The summed E-state index contributed by atoms with van der Waals surface area (Å²) in [5, 5.41) is 11.3. The van der Waals surface area contributed by atoms with Gasteiger partial charge in [0.1, 0.15) is 11.5 Å². The zero-order chi connectivity index (χ0) is 30.1. The average molecular weight is 579 g/mol. The van der Waals surface area contributed by atoms with Crippen molar-refractivity contribution in [3.8, 4) is 22.6 Å². The molecule has 0 radical (unpaired) electrons. The largest absolute Gasteiger partial charge is 0.573 e. The Labute approximate surface area is 238 Å². The maximum atomic E-state index is 13.4. The molecule has 0 saturated carbocycles. The molecule has 0 atom stereocenters. The van der Waals surface area contributed by atoms with E-state index < -0.39 is 30.1 Å². The number of halogens is 3. The quantitative estimate of drug-likeness (QED) is 0.218. The number of aliphatic carboxylic acids is 1. The zero-order valence-electron chi connectivity index (χ0n) is 22.0. The van der Waals surface area contributed by atoms with Crippen molar-refractivity contribution in [3.05, 3.63) is 114 Å². The normalized spacial score (nSPS) is 10.9. The third-order valence-electron chi connectivity index (χ3n) is 5.93. The second-order valence-electron chi connectivity index (χ2n) is 8.99. The predicted octanol–water partition coefficient (Wildman–Crippen LogP) is 6.66. The number of carbonyl (C=O) groups is 3. The lowest BCUT2D eigenvalue weighted by atomic mass is 10.1. The third kappa shape index (κ3) is 8.59. The van der Waals surface area contributed by atoms with Crippen molar-refractivity contribution >= 4 is 23.7 Å². The van der Waals surface area contributed by atoms with E-state index in [0.717, 1.165) is 23.3 Å². The number of hydrogen-bond donors (Lipinski definition) is 2. The van der Waals surface area contributed by atoms with Crippen molar-refractivity contribution < 1.29 is 42.1 Å². The Morgan fingerprint density at radius 2 is 1.43 bits per heavy atom. The van der Waals surface area contributed by atoms with E-state index in [4.69, 9.17) is 9.84 Å². The van der Waals surface area contributed by atoms with E-state index in [2.05, 4.69) is 10.1 Å². The maximum absolute atomic E-state index is 13.4. The van der Waals surface area contributed by atoms with Crippen LogP contribution in [0.4, 0.5) is 23.7 Å². The first-order chi connectivity index (χ1) is 20.1. The summed E-state index contributed by atoms with van der Waals surface area (Å²) >= 11 is 0. The highest BCUT2D eigenvalue weighted by Crippen LogP contribution is 2.27. The number of carboxylic acids is 1. The highest BCUT2D eigenvalue weighted by molar-refractivity contribution is 5.97. The molecule has 2 amide bonds. The Kier molecular flexibility index (Phi) is 9.43. The van der Waals surface area contributed by atoms with Crippen LogP contribution in [0.5, 0.6) is 11.5 Å². The fourth-order valence-corrected chi connectivity index (χ4v) is 3.94. The summed E-state index contributed by atoms with van der Waals surface area (Å²) in [6.45, 7) is -0.202. The lowest BCUT2D eigenvalue weighted by molar-refractivity contribution is -0.274. The smallest absolute Gasteiger partial charge is 0.481 e. The van der Waals surface area contributed by atoms with Gasteiger partial charge >= 0.3 is 18.4 Å². The minimum atomic E-state index is -4.85. The Morgan fingerprint density at radius 3 is 2.07 bits per heavy atom. The topological polar surface area (TPSA) is 105 Å². The Hall–Kier alpha value is -5.32. The van der Waals surface area contributed by atoms with Gasteiger partial charge in [-0.05, 0) is 59.2 Å². The second-order valence-corrected chi connectivity index (χ2v) is 8.99. The minimum absolute atomic E-state index is 0.0878. The number of rotatable bonds is 10. The number of nitrogens with zero attached hydrogens (tertiary/aromatic N) is 1. The van der Waals surface area contributed by atoms with Gasteiger partial charge in [-0.3, -0.25) is 14.5 Å².